The zero-order valence-electron chi connectivity index (χ0n) is 11.8. The predicted molar refractivity (Wildman–Crippen MR) is 81.8 cm³/mol. The van der Waals surface area contributed by atoms with E-state index in [2.05, 4.69) is 16.8 Å². The molecule has 108 valence electrons. The maximum Gasteiger partial charge on any atom is 0.187 e. The zero-order valence-corrected chi connectivity index (χ0v) is 12.6. The summed E-state index contributed by atoms with van der Waals surface area (Å²) in [5, 5.41) is 2.98. The minimum Gasteiger partial charge on any atom is -0.383 e. The second kappa shape index (κ2) is 7.70. The number of nitrogens with two attached hydrogens (primary N) is 1. The maximum absolute atomic E-state index is 5.80. The predicted octanol–water partition coefficient (Wildman–Crippen LogP) is 3.15. The van der Waals surface area contributed by atoms with Gasteiger partial charge in [-0.15, -0.1) is 11.3 Å². The molecule has 0 bridgehead atoms. The van der Waals surface area contributed by atoms with E-state index >= 15 is 0 Å². The highest BCUT2D eigenvalue weighted by molar-refractivity contribution is 7.14. The number of hydrogen-bond acceptors (Lipinski definition) is 5. The molecule has 0 unspecified atom stereocenters. The lowest BCUT2D eigenvalue weighted by molar-refractivity contribution is 0.0907. The maximum atomic E-state index is 5.80. The van der Waals surface area contributed by atoms with Crippen LogP contribution >= 0.6 is 11.3 Å². The van der Waals surface area contributed by atoms with Crippen molar-refractivity contribution in [2.45, 2.75) is 39.0 Å². The Hall–Kier alpha value is -0.810. The van der Waals surface area contributed by atoms with Gasteiger partial charge in [0.2, 0.25) is 0 Å². The number of unbranched alkanes of at least 4 members (excludes halogenated alkanes) is 2. The lowest BCUT2D eigenvalue weighted by atomic mass is 9.99. The third-order valence-corrected chi connectivity index (χ3v) is 4.46. The fraction of sp³-hybridized carbons (Fsp3) is 0.786. The van der Waals surface area contributed by atoms with Crippen LogP contribution in [0.15, 0.2) is 5.38 Å². The van der Waals surface area contributed by atoms with Gasteiger partial charge in [-0.25, -0.2) is 4.98 Å². The Kier molecular flexibility index (Phi) is 5.92. The van der Waals surface area contributed by atoms with Gasteiger partial charge < -0.3 is 15.4 Å². The molecule has 2 N–H and O–H groups in total. The Balaban J connectivity index is 1.71. The molecular formula is C14H25N3OS. The summed E-state index contributed by atoms with van der Waals surface area (Å²) in [6.07, 6.45) is 6.21. The van der Waals surface area contributed by atoms with Crippen LogP contribution in [-0.2, 0) is 4.74 Å². The molecule has 2 heterocycles. The molecule has 1 aliphatic rings. The van der Waals surface area contributed by atoms with E-state index in [4.69, 9.17) is 10.5 Å². The van der Waals surface area contributed by atoms with Crippen molar-refractivity contribution in [1.82, 2.24) is 4.98 Å². The molecule has 0 aromatic carbocycles. The van der Waals surface area contributed by atoms with Gasteiger partial charge in [0.1, 0.15) is 5.82 Å². The van der Waals surface area contributed by atoms with Crippen molar-refractivity contribution in [3.8, 4) is 0 Å². The van der Waals surface area contributed by atoms with E-state index in [1.807, 2.05) is 5.38 Å². The summed E-state index contributed by atoms with van der Waals surface area (Å²) < 4.78 is 5.80. The molecule has 1 atom stereocenters. The van der Waals surface area contributed by atoms with Crippen LogP contribution in [0.4, 0.5) is 10.9 Å². The summed E-state index contributed by atoms with van der Waals surface area (Å²) in [6.45, 7) is 6.17. The second-order valence-corrected chi connectivity index (χ2v) is 6.13. The van der Waals surface area contributed by atoms with E-state index in [1.165, 1.54) is 32.1 Å². The van der Waals surface area contributed by atoms with Crippen molar-refractivity contribution in [1.29, 1.82) is 0 Å². The van der Waals surface area contributed by atoms with Crippen LogP contribution in [0.25, 0.3) is 0 Å². The molecule has 0 radical (unpaired) electrons. The lowest BCUT2D eigenvalue weighted by Crippen LogP contribution is -2.37. The van der Waals surface area contributed by atoms with Crippen molar-refractivity contribution in [3.05, 3.63) is 5.38 Å². The number of rotatable bonds is 7. The molecule has 1 aliphatic heterocycles. The van der Waals surface area contributed by atoms with Gasteiger partial charge in [0.05, 0.1) is 6.61 Å². The van der Waals surface area contributed by atoms with E-state index in [-0.39, 0.29) is 0 Å². The Bertz CT molecular complexity index is 369. The van der Waals surface area contributed by atoms with Crippen molar-refractivity contribution in [2.75, 3.05) is 36.9 Å². The molecule has 1 aromatic rings. The van der Waals surface area contributed by atoms with Crippen molar-refractivity contribution < 1.29 is 4.74 Å². The standard InChI is InChI=1S/C14H25N3OS/c1-2-3-4-8-18-10-12-6-5-7-17(9-12)14-16-13(15)11-19-14/h11-12H,2-10,15H2,1H3/t12-/m1/s1. The molecule has 0 spiro atoms. The quantitative estimate of drug-likeness (QED) is 0.781. The number of anilines is 2. The van der Waals surface area contributed by atoms with Gasteiger partial charge in [-0.05, 0) is 25.2 Å². The number of nitrogens with zero attached hydrogens (tertiary/aromatic N) is 2. The number of aromatic nitrogens is 1. The highest BCUT2D eigenvalue weighted by atomic mass is 32.1. The summed E-state index contributed by atoms with van der Waals surface area (Å²) in [5.74, 6) is 1.28. The highest BCUT2D eigenvalue weighted by Gasteiger charge is 2.21. The monoisotopic (exact) mass is 283 g/mol. The molecule has 4 nitrogen and oxygen atoms in total. The molecule has 0 amide bonds. The van der Waals surface area contributed by atoms with Gasteiger partial charge in [-0.1, -0.05) is 19.8 Å². The minimum absolute atomic E-state index is 0.637. The number of hydrogen-bond donors (Lipinski definition) is 1. The van der Waals surface area contributed by atoms with Gasteiger partial charge >= 0.3 is 0 Å². The molecule has 0 aliphatic carbocycles. The molecule has 0 saturated carbocycles. The summed E-state index contributed by atoms with van der Waals surface area (Å²) in [4.78, 5) is 6.72. The van der Waals surface area contributed by atoms with E-state index in [0.717, 1.165) is 31.4 Å². The van der Waals surface area contributed by atoms with E-state index < -0.39 is 0 Å². The molecule has 5 heteroatoms. The Morgan fingerprint density at radius 1 is 1.53 bits per heavy atom. The van der Waals surface area contributed by atoms with Crippen LogP contribution in [0.2, 0.25) is 0 Å². The van der Waals surface area contributed by atoms with E-state index in [0.29, 0.717) is 11.7 Å². The molecule has 1 aromatic heterocycles. The van der Waals surface area contributed by atoms with Gasteiger partial charge in [0, 0.05) is 25.1 Å². The van der Waals surface area contributed by atoms with Gasteiger partial charge in [0.25, 0.3) is 0 Å². The third kappa shape index (κ3) is 4.66. The van der Waals surface area contributed by atoms with E-state index in [1.54, 1.807) is 11.3 Å². The van der Waals surface area contributed by atoms with E-state index in [9.17, 15) is 0 Å². The second-order valence-electron chi connectivity index (χ2n) is 5.29. The van der Waals surface area contributed by atoms with Crippen molar-refractivity contribution >= 4 is 22.3 Å². The molecule has 1 saturated heterocycles. The number of piperidine rings is 1. The van der Waals surface area contributed by atoms with Crippen LogP contribution < -0.4 is 10.6 Å². The smallest absolute Gasteiger partial charge is 0.187 e. The van der Waals surface area contributed by atoms with Crippen LogP contribution in [0.1, 0.15) is 39.0 Å². The Labute approximate surface area is 120 Å². The zero-order chi connectivity index (χ0) is 13.5. The summed E-state index contributed by atoms with van der Waals surface area (Å²) >= 11 is 1.64. The number of ether oxygens (including phenoxy) is 1. The largest absolute Gasteiger partial charge is 0.383 e. The van der Waals surface area contributed by atoms with Crippen molar-refractivity contribution in [2.24, 2.45) is 5.92 Å². The first kappa shape index (κ1) is 14.6. The van der Waals surface area contributed by atoms with Crippen molar-refractivity contribution in [3.63, 3.8) is 0 Å². The van der Waals surface area contributed by atoms with Crippen LogP contribution in [0.5, 0.6) is 0 Å². The first-order valence-corrected chi connectivity index (χ1v) is 8.21. The molecular weight excluding hydrogens is 258 g/mol. The molecule has 2 rings (SSSR count). The average molecular weight is 283 g/mol. The average Bonchev–Trinajstić information content (AvgIpc) is 2.86. The third-order valence-electron chi connectivity index (χ3n) is 3.55. The fourth-order valence-corrected chi connectivity index (χ4v) is 3.25. The number of nitrogen functional groups attached to an aromatic ring is 1. The number of thiazole rings is 1. The molecule has 19 heavy (non-hydrogen) atoms. The fourth-order valence-electron chi connectivity index (χ4n) is 2.50. The van der Waals surface area contributed by atoms with Crippen LogP contribution in [0.3, 0.4) is 0 Å². The lowest BCUT2D eigenvalue weighted by Gasteiger charge is -2.32. The SMILES string of the molecule is CCCCCOC[C@@H]1CCCN(c2nc(N)cs2)C1. The summed E-state index contributed by atoms with van der Waals surface area (Å²) in [5.41, 5.74) is 5.69. The Morgan fingerprint density at radius 3 is 3.16 bits per heavy atom. The van der Waals surface area contributed by atoms with Gasteiger partial charge in [-0.3, -0.25) is 0 Å². The highest BCUT2D eigenvalue weighted by Crippen LogP contribution is 2.27. The first-order chi connectivity index (χ1) is 9.29. The minimum atomic E-state index is 0.637. The van der Waals surface area contributed by atoms with Gasteiger partial charge in [0.15, 0.2) is 5.13 Å². The molecule has 1 fully saturated rings. The topological polar surface area (TPSA) is 51.4 Å². The Morgan fingerprint density at radius 2 is 2.42 bits per heavy atom. The summed E-state index contributed by atoms with van der Waals surface area (Å²) in [6, 6.07) is 0. The summed E-state index contributed by atoms with van der Waals surface area (Å²) in [7, 11) is 0. The van der Waals surface area contributed by atoms with Crippen LogP contribution in [-0.4, -0.2) is 31.3 Å². The normalized spacial score (nSPS) is 19.8. The van der Waals surface area contributed by atoms with Gasteiger partial charge in [-0.2, -0.15) is 0 Å². The first-order valence-electron chi connectivity index (χ1n) is 7.33. The van der Waals surface area contributed by atoms with Crippen LogP contribution in [0, 0.1) is 5.92 Å².